The van der Waals surface area contributed by atoms with Gasteiger partial charge in [-0.25, -0.2) is 8.78 Å². The number of ether oxygens (including phenoxy) is 1. The van der Waals surface area contributed by atoms with Crippen molar-refractivity contribution in [1.82, 2.24) is 4.90 Å². The minimum atomic E-state index is -2.51. The van der Waals surface area contributed by atoms with Crippen LogP contribution in [-0.4, -0.2) is 42.2 Å². The zero-order valence-corrected chi connectivity index (χ0v) is 9.43. The highest BCUT2D eigenvalue weighted by atomic mass is 19.3. The topological polar surface area (TPSA) is 12.5 Å². The summed E-state index contributed by atoms with van der Waals surface area (Å²) in [5, 5.41) is 0. The molecule has 2 aliphatic heterocycles. The summed E-state index contributed by atoms with van der Waals surface area (Å²) >= 11 is 0. The predicted octanol–water partition coefficient (Wildman–Crippen LogP) is 2.29. The van der Waals surface area contributed by atoms with Crippen LogP contribution in [0.2, 0.25) is 0 Å². The lowest BCUT2D eigenvalue weighted by atomic mass is 9.94. The van der Waals surface area contributed by atoms with Crippen molar-refractivity contribution in [1.29, 1.82) is 0 Å². The predicted molar refractivity (Wildman–Crippen MR) is 54.2 cm³/mol. The van der Waals surface area contributed by atoms with Gasteiger partial charge in [0.1, 0.15) is 0 Å². The molecule has 0 aromatic heterocycles. The highest BCUT2D eigenvalue weighted by Crippen LogP contribution is 2.45. The molecule has 2 saturated heterocycles. The first-order valence-corrected chi connectivity index (χ1v) is 5.68. The highest BCUT2D eigenvalue weighted by molar-refractivity contribution is 5.06. The molecule has 0 amide bonds. The number of fused-ring (bicyclic) bond motifs is 1. The first-order valence-electron chi connectivity index (χ1n) is 5.68. The van der Waals surface area contributed by atoms with E-state index in [-0.39, 0.29) is 24.6 Å². The average Bonchev–Trinajstić information content (AvgIpc) is 2.53. The van der Waals surface area contributed by atoms with Gasteiger partial charge in [0.15, 0.2) is 0 Å². The Balaban J connectivity index is 2.04. The molecule has 0 aromatic rings. The molecule has 2 nitrogen and oxygen atoms in total. The van der Waals surface area contributed by atoms with Gasteiger partial charge < -0.3 is 4.74 Å². The van der Waals surface area contributed by atoms with Gasteiger partial charge >= 0.3 is 0 Å². The normalized spacial score (nSPS) is 35.0. The average molecular weight is 219 g/mol. The molecule has 0 bridgehead atoms. The molecule has 2 heterocycles. The largest absolute Gasteiger partial charge is 0.377 e. The van der Waals surface area contributed by atoms with Crippen molar-refractivity contribution in [2.75, 3.05) is 19.7 Å². The number of rotatable bonds is 3. The quantitative estimate of drug-likeness (QED) is 0.722. The zero-order chi connectivity index (χ0) is 11.1. The summed E-state index contributed by atoms with van der Waals surface area (Å²) in [7, 11) is 0. The molecule has 2 aliphatic rings. The molecule has 88 valence electrons. The van der Waals surface area contributed by atoms with Gasteiger partial charge in [-0.1, -0.05) is 0 Å². The molecule has 2 fully saturated rings. The first kappa shape index (κ1) is 11.3. The Morgan fingerprint density at radius 3 is 2.80 bits per heavy atom. The van der Waals surface area contributed by atoms with E-state index in [1.807, 2.05) is 18.7 Å². The van der Waals surface area contributed by atoms with Crippen LogP contribution < -0.4 is 0 Å². The Hall–Kier alpha value is -0.220. The minimum Gasteiger partial charge on any atom is -0.377 e. The van der Waals surface area contributed by atoms with Gasteiger partial charge in [0.05, 0.1) is 24.8 Å². The minimum absolute atomic E-state index is 0.0211. The van der Waals surface area contributed by atoms with Crippen molar-refractivity contribution in [3.63, 3.8) is 0 Å². The fourth-order valence-electron chi connectivity index (χ4n) is 2.79. The molecular formula is C11H19F2NO. The Bertz CT molecular complexity index is 245. The van der Waals surface area contributed by atoms with Gasteiger partial charge in [0, 0.05) is 6.42 Å². The molecule has 0 unspecified atom stereocenters. The van der Waals surface area contributed by atoms with Gasteiger partial charge in [0.2, 0.25) is 0 Å². The molecule has 4 heteroatoms. The zero-order valence-electron chi connectivity index (χ0n) is 9.43. The molecule has 0 spiro atoms. The molecule has 0 aromatic carbocycles. The van der Waals surface area contributed by atoms with E-state index < -0.39 is 5.92 Å². The number of hydrogen-bond acceptors (Lipinski definition) is 2. The van der Waals surface area contributed by atoms with E-state index >= 15 is 0 Å². The number of hydrogen-bond donors (Lipinski definition) is 0. The molecule has 0 aliphatic carbocycles. The Morgan fingerprint density at radius 2 is 2.13 bits per heavy atom. The Labute approximate surface area is 89.6 Å². The van der Waals surface area contributed by atoms with E-state index in [1.54, 1.807) is 0 Å². The third-order valence-electron chi connectivity index (χ3n) is 3.44. The van der Waals surface area contributed by atoms with Gasteiger partial charge in [-0.2, -0.15) is 0 Å². The monoisotopic (exact) mass is 219 g/mol. The van der Waals surface area contributed by atoms with E-state index in [0.717, 1.165) is 19.4 Å². The maximum Gasteiger partial charge on any atom is 0.262 e. The van der Waals surface area contributed by atoms with Gasteiger partial charge in [-0.05, 0) is 33.2 Å². The highest BCUT2D eigenvalue weighted by Gasteiger charge is 2.56. The van der Waals surface area contributed by atoms with Gasteiger partial charge in [0.25, 0.3) is 5.92 Å². The van der Waals surface area contributed by atoms with Crippen molar-refractivity contribution in [2.45, 2.75) is 50.7 Å². The Morgan fingerprint density at radius 1 is 1.40 bits per heavy atom. The number of alkyl halides is 2. The summed E-state index contributed by atoms with van der Waals surface area (Å²) in [5.74, 6) is -2.51. The second-order valence-corrected chi connectivity index (χ2v) is 5.14. The second kappa shape index (κ2) is 3.67. The van der Waals surface area contributed by atoms with Crippen molar-refractivity contribution in [3.8, 4) is 0 Å². The van der Waals surface area contributed by atoms with E-state index in [4.69, 9.17) is 4.74 Å². The summed E-state index contributed by atoms with van der Waals surface area (Å²) in [6.45, 7) is 5.08. The van der Waals surface area contributed by atoms with Crippen molar-refractivity contribution in [3.05, 3.63) is 0 Å². The van der Waals surface area contributed by atoms with E-state index in [9.17, 15) is 8.78 Å². The van der Waals surface area contributed by atoms with Gasteiger partial charge in [-0.15, -0.1) is 0 Å². The van der Waals surface area contributed by atoms with Crippen LogP contribution in [0.1, 0.15) is 33.1 Å². The molecule has 0 radical (unpaired) electrons. The molecule has 2 rings (SSSR count). The Kier molecular flexibility index (Phi) is 2.75. The summed E-state index contributed by atoms with van der Waals surface area (Å²) in [6, 6.07) is 0. The van der Waals surface area contributed by atoms with Crippen LogP contribution in [0.4, 0.5) is 8.78 Å². The van der Waals surface area contributed by atoms with Crippen molar-refractivity contribution < 1.29 is 13.5 Å². The van der Waals surface area contributed by atoms with Crippen LogP contribution in [0, 0.1) is 0 Å². The van der Waals surface area contributed by atoms with Crippen molar-refractivity contribution in [2.24, 2.45) is 0 Å². The van der Waals surface area contributed by atoms with E-state index in [0.29, 0.717) is 6.61 Å². The smallest absolute Gasteiger partial charge is 0.262 e. The summed E-state index contributed by atoms with van der Waals surface area (Å²) in [5.41, 5.74) is -0.367. The number of halogens is 2. The molecule has 1 atom stereocenters. The van der Waals surface area contributed by atoms with Crippen LogP contribution in [0.3, 0.4) is 0 Å². The third kappa shape index (κ3) is 2.16. The van der Waals surface area contributed by atoms with E-state index in [1.165, 1.54) is 0 Å². The lowest BCUT2D eigenvalue weighted by molar-refractivity contribution is -0.00952. The summed E-state index contributed by atoms with van der Waals surface area (Å²) in [6.07, 6.45) is 1.98. The molecule has 0 N–H and O–H groups in total. The first-order chi connectivity index (χ1) is 6.94. The molecule has 0 saturated carbocycles. The van der Waals surface area contributed by atoms with E-state index in [2.05, 4.69) is 0 Å². The fraction of sp³-hybridized carbons (Fsp3) is 1.00. The lowest BCUT2D eigenvalue weighted by Crippen LogP contribution is -2.43. The number of nitrogens with zero attached hydrogens (tertiary/aromatic N) is 1. The summed E-state index contributed by atoms with van der Waals surface area (Å²) < 4.78 is 32.2. The van der Waals surface area contributed by atoms with Crippen LogP contribution in [0.15, 0.2) is 0 Å². The van der Waals surface area contributed by atoms with Crippen molar-refractivity contribution >= 4 is 0 Å². The van der Waals surface area contributed by atoms with Crippen LogP contribution in [0.25, 0.3) is 0 Å². The maximum absolute atomic E-state index is 13.3. The van der Waals surface area contributed by atoms with Gasteiger partial charge in [-0.3, -0.25) is 4.90 Å². The summed E-state index contributed by atoms with van der Waals surface area (Å²) in [4.78, 5) is 1.93. The second-order valence-electron chi connectivity index (χ2n) is 5.14. The fourth-order valence-corrected chi connectivity index (χ4v) is 2.79. The molecular weight excluding hydrogens is 200 g/mol. The molecule has 15 heavy (non-hydrogen) atoms. The third-order valence-corrected chi connectivity index (χ3v) is 3.44. The van der Waals surface area contributed by atoms with Crippen LogP contribution in [-0.2, 0) is 4.74 Å². The van der Waals surface area contributed by atoms with Crippen LogP contribution in [0.5, 0.6) is 0 Å². The maximum atomic E-state index is 13.3. The van der Waals surface area contributed by atoms with Crippen LogP contribution >= 0.6 is 0 Å². The lowest BCUT2D eigenvalue weighted by Gasteiger charge is -2.31. The standard InChI is InChI=1S/C11H19F2NO/c1-9(2)15-8-10-4-3-5-14(10)7-11(12,13)6-10/h9H,3-8H2,1-2H3/t10-/m0/s1. The SMILES string of the molecule is CC(C)OC[C@@]12CCCN1CC(F)(F)C2.